The maximum atomic E-state index is 11.4. The molecule has 1 saturated heterocycles. The number of methoxy groups -OCH3 is 2. The zero-order chi connectivity index (χ0) is 17.7. The molecule has 0 bridgehead atoms. The average molecular weight is 364 g/mol. The maximum absolute atomic E-state index is 11.4. The van der Waals surface area contributed by atoms with Gasteiger partial charge in [-0.05, 0) is 17.7 Å². The Labute approximate surface area is 151 Å². The molecule has 0 aliphatic carbocycles. The van der Waals surface area contributed by atoms with E-state index in [2.05, 4.69) is 18.1 Å². The Morgan fingerprint density at radius 1 is 1.50 bits per heavy atom. The number of nitrogens with zero attached hydrogens (tertiary/aromatic N) is 2. The second-order valence-electron chi connectivity index (χ2n) is 5.17. The first-order valence-corrected chi connectivity index (χ1v) is 8.55. The normalized spacial score (nSPS) is 20.9. The Morgan fingerprint density at radius 2 is 2.25 bits per heavy atom. The van der Waals surface area contributed by atoms with E-state index in [-0.39, 0.29) is 0 Å². The van der Waals surface area contributed by atoms with Gasteiger partial charge in [0.05, 0.1) is 25.5 Å². The summed E-state index contributed by atoms with van der Waals surface area (Å²) in [4.78, 5) is 5.85. The van der Waals surface area contributed by atoms with Crippen LogP contribution in [0.15, 0.2) is 60.9 Å². The lowest BCUT2D eigenvalue weighted by molar-refractivity contribution is -0.0135. The number of pyridine rings is 1. The summed E-state index contributed by atoms with van der Waals surface area (Å²) < 4.78 is 11.0. The number of rotatable bonds is 7. The van der Waals surface area contributed by atoms with Crippen LogP contribution >= 0.6 is 24.0 Å². The number of allylic oxidation sites excluding steroid dienone is 1. The minimum Gasteiger partial charge on any atom is -0.497 e. The third-order valence-corrected chi connectivity index (χ3v) is 5.26. The first kappa shape index (κ1) is 18.5. The summed E-state index contributed by atoms with van der Waals surface area (Å²) in [6, 6.07) is 3.78. The Morgan fingerprint density at radius 3 is 2.83 bits per heavy atom. The average Bonchev–Trinajstić information content (AvgIpc) is 2.89. The largest absolute Gasteiger partial charge is 0.497 e. The van der Waals surface area contributed by atoms with E-state index in [4.69, 9.17) is 21.7 Å². The van der Waals surface area contributed by atoms with E-state index in [1.165, 1.54) is 26.0 Å². The fourth-order valence-corrected chi connectivity index (χ4v) is 3.71. The molecular weight excluding hydrogens is 344 g/mol. The van der Waals surface area contributed by atoms with Gasteiger partial charge in [-0.1, -0.05) is 43.2 Å². The van der Waals surface area contributed by atoms with Crippen molar-refractivity contribution >= 4 is 28.3 Å². The third kappa shape index (κ3) is 3.80. The topological polar surface area (TPSA) is 54.8 Å². The highest BCUT2D eigenvalue weighted by molar-refractivity contribution is 8.23. The van der Waals surface area contributed by atoms with E-state index in [1.54, 1.807) is 23.4 Å². The second-order valence-corrected chi connectivity index (χ2v) is 6.78. The Kier molecular flexibility index (Phi) is 6.04. The molecule has 0 radical (unpaired) electrons. The van der Waals surface area contributed by atoms with E-state index in [0.29, 0.717) is 33.7 Å². The van der Waals surface area contributed by atoms with Gasteiger partial charge in [0.1, 0.15) is 15.8 Å². The monoisotopic (exact) mass is 364 g/mol. The molecule has 1 fully saturated rings. The lowest BCUT2D eigenvalue weighted by Crippen LogP contribution is -2.48. The summed E-state index contributed by atoms with van der Waals surface area (Å²) >= 11 is 6.83. The number of aliphatic hydroxyl groups is 1. The Balaban J connectivity index is 2.41. The van der Waals surface area contributed by atoms with Crippen LogP contribution in [-0.4, -0.2) is 45.0 Å². The van der Waals surface area contributed by atoms with Crippen LogP contribution in [0.1, 0.15) is 5.56 Å². The van der Waals surface area contributed by atoms with Crippen LogP contribution in [0.5, 0.6) is 0 Å². The van der Waals surface area contributed by atoms with Gasteiger partial charge in [-0.15, -0.1) is 0 Å². The fourth-order valence-electron chi connectivity index (χ4n) is 2.31. The zero-order valence-electron chi connectivity index (χ0n) is 13.7. The van der Waals surface area contributed by atoms with Crippen LogP contribution in [0, 0.1) is 0 Å². The summed E-state index contributed by atoms with van der Waals surface area (Å²) in [6.45, 7) is 8.08. The molecule has 1 unspecified atom stereocenters. The molecular formula is C17H20N2O3S2. The van der Waals surface area contributed by atoms with Crippen LogP contribution < -0.4 is 0 Å². The minimum atomic E-state index is -1.37. The summed E-state index contributed by atoms with van der Waals surface area (Å²) in [5.74, 6) is 1.08. The highest BCUT2D eigenvalue weighted by Gasteiger charge is 2.47. The number of aromatic nitrogens is 1. The van der Waals surface area contributed by atoms with Crippen LogP contribution in [0.3, 0.4) is 0 Å². The van der Waals surface area contributed by atoms with E-state index < -0.39 is 5.72 Å². The zero-order valence-corrected chi connectivity index (χ0v) is 15.3. The number of thiocarbonyl (C=S) groups is 1. The number of hydrogen-bond acceptors (Lipinski definition) is 6. The van der Waals surface area contributed by atoms with Crippen molar-refractivity contribution in [3.63, 3.8) is 0 Å². The first-order valence-electron chi connectivity index (χ1n) is 7.16. The Bertz CT molecular complexity index is 676. The predicted molar refractivity (Wildman–Crippen MR) is 100 cm³/mol. The number of hydrogen-bond donors (Lipinski definition) is 1. The Hall–Kier alpha value is -1.83. The lowest BCUT2D eigenvalue weighted by atomic mass is 10.00. The van der Waals surface area contributed by atoms with Gasteiger partial charge in [-0.2, -0.15) is 0 Å². The predicted octanol–water partition coefficient (Wildman–Crippen LogP) is 2.85. The van der Waals surface area contributed by atoms with Crippen LogP contribution in [0.4, 0.5) is 0 Å². The number of thioether (sulfide) groups is 1. The van der Waals surface area contributed by atoms with Crippen LogP contribution in [0.2, 0.25) is 0 Å². The van der Waals surface area contributed by atoms with Crippen molar-refractivity contribution in [2.45, 2.75) is 12.3 Å². The molecule has 24 heavy (non-hydrogen) atoms. The molecule has 0 spiro atoms. The van der Waals surface area contributed by atoms with Gasteiger partial charge in [0.2, 0.25) is 0 Å². The van der Waals surface area contributed by atoms with Crippen molar-refractivity contribution in [1.29, 1.82) is 0 Å². The van der Waals surface area contributed by atoms with Gasteiger partial charge >= 0.3 is 0 Å². The van der Waals surface area contributed by atoms with Crippen LogP contribution in [-0.2, 0) is 16.0 Å². The van der Waals surface area contributed by atoms with Gasteiger partial charge < -0.3 is 19.5 Å². The van der Waals surface area contributed by atoms with E-state index in [9.17, 15) is 5.11 Å². The molecule has 0 amide bonds. The molecule has 1 aliphatic heterocycles. The van der Waals surface area contributed by atoms with Gasteiger partial charge in [-0.25, -0.2) is 0 Å². The molecule has 0 aromatic carbocycles. The van der Waals surface area contributed by atoms with Crippen molar-refractivity contribution in [3.8, 4) is 0 Å². The van der Waals surface area contributed by atoms with Crippen molar-refractivity contribution in [2.24, 2.45) is 0 Å². The first-order chi connectivity index (χ1) is 11.4. The molecule has 5 nitrogen and oxygen atoms in total. The van der Waals surface area contributed by atoms with E-state index in [1.807, 2.05) is 12.1 Å². The van der Waals surface area contributed by atoms with E-state index >= 15 is 0 Å². The SMILES string of the molecule is C=C(/C=C(\C(=C)OC)C1(O)CSC(=S)N1Cc1cccnc1)OC. The maximum Gasteiger partial charge on any atom is 0.179 e. The summed E-state index contributed by atoms with van der Waals surface area (Å²) in [6.07, 6.45) is 5.07. The van der Waals surface area contributed by atoms with Gasteiger partial charge in [0, 0.05) is 18.9 Å². The van der Waals surface area contributed by atoms with Crippen molar-refractivity contribution < 1.29 is 14.6 Å². The van der Waals surface area contributed by atoms with Crippen molar-refractivity contribution in [3.05, 3.63) is 66.4 Å². The van der Waals surface area contributed by atoms with Crippen molar-refractivity contribution in [2.75, 3.05) is 20.0 Å². The molecule has 7 heteroatoms. The van der Waals surface area contributed by atoms with Gasteiger partial charge in [0.15, 0.2) is 5.72 Å². The smallest absolute Gasteiger partial charge is 0.179 e. The minimum absolute atomic E-state index is 0.331. The summed E-state index contributed by atoms with van der Waals surface area (Å²) in [5, 5.41) is 11.4. The molecule has 1 atom stereocenters. The summed E-state index contributed by atoms with van der Waals surface area (Å²) in [7, 11) is 3.01. The quantitative estimate of drug-likeness (QED) is 0.453. The summed E-state index contributed by atoms with van der Waals surface area (Å²) in [5.41, 5.74) is 0.0356. The van der Waals surface area contributed by atoms with Gasteiger partial charge in [-0.3, -0.25) is 4.98 Å². The molecule has 1 aromatic heterocycles. The third-order valence-electron chi connectivity index (χ3n) is 3.67. The standard InChI is InChI=1S/C17H20N2O3S2/c1-12(21-3)8-15(13(2)22-4)17(20)11-24-16(23)19(17)10-14-6-5-7-18-9-14/h5-9,20H,1-2,10-11H2,3-4H3/b15-8+. The molecule has 1 aliphatic rings. The highest BCUT2D eigenvalue weighted by atomic mass is 32.2. The van der Waals surface area contributed by atoms with Crippen molar-refractivity contribution in [1.82, 2.24) is 9.88 Å². The molecule has 2 heterocycles. The van der Waals surface area contributed by atoms with Gasteiger partial charge in [0.25, 0.3) is 0 Å². The molecule has 2 rings (SSSR count). The molecule has 0 saturated carbocycles. The fraction of sp³-hybridized carbons (Fsp3) is 0.294. The molecule has 1 N–H and O–H groups in total. The van der Waals surface area contributed by atoms with E-state index in [0.717, 1.165) is 5.56 Å². The lowest BCUT2D eigenvalue weighted by Gasteiger charge is -2.36. The second kappa shape index (κ2) is 7.83. The highest BCUT2D eigenvalue weighted by Crippen LogP contribution is 2.40. The molecule has 128 valence electrons. The molecule has 1 aromatic rings. The van der Waals surface area contributed by atoms with Crippen LogP contribution in [0.25, 0.3) is 0 Å². The number of ether oxygens (including phenoxy) is 2.